The van der Waals surface area contributed by atoms with Gasteiger partial charge in [-0.1, -0.05) is 25.7 Å². The summed E-state index contributed by atoms with van der Waals surface area (Å²) in [5.41, 5.74) is -0.862. The SMILES string of the molecule is O=C(CC1(C(=O)O)CCCCCC1)N1CCCO1. The van der Waals surface area contributed by atoms with Gasteiger partial charge >= 0.3 is 5.97 Å². The maximum absolute atomic E-state index is 12.1. The first-order valence-electron chi connectivity index (χ1n) is 6.81. The van der Waals surface area contributed by atoms with Crippen molar-refractivity contribution in [3.63, 3.8) is 0 Å². The highest BCUT2D eigenvalue weighted by Gasteiger charge is 2.42. The first kappa shape index (κ1) is 13.3. The predicted molar refractivity (Wildman–Crippen MR) is 64.7 cm³/mol. The fourth-order valence-corrected chi connectivity index (χ4v) is 2.89. The number of hydrogen-bond donors (Lipinski definition) is 1. The molecule has 0 aromatic heterocycles. The molecule has 1 saturated carbocycles. The number of hydrogen-bond acceptors (Lipinski definition) is 3. The third kappa shape index (κ3) is 2.83. The molecule has 2 fully saturated rings. The van der Waals surface area contributed by atoms with Crippen molar-refractivity contribution in [2.45, 2.75) is 51.4 Å². The highest BCUT2D eigenvalue weighted by atomic mass is 16.7. The minimum absolute atomic E-state index is 0.0856. The van der Waals surface area contributed by atoms with Gasteiger partial charge in [0.15, 0.2) is 0 Å². The van der Waals surface area contributed by atoms with E-state index in [-0.39, 0.29) is 12.3 Å². The van der Waals surface area contributed by atoms with Crippen molar-refractivity contribution >= 4 is 11.9 Å². The van der Waals surface area contributed by atoms with Crippen molar-refractivity contribution in [2.75, 3.05) is 13.2 Å². The van der Waals surface area contributed by atoms with Crippen LogP contribution in [0.1, 0.15) is 51.4 Å². The molecule has 1 N–H and O–H groups in total. The summed E-state index contributed by atoms with van der Waals surface area (Å²) in [6.07, 6.45) is 6.10. The van der Waals surface area contributed by atoms with Gasteiger partial charge in [0.2, 0.25) is 5.91 Å². The first-order chi connectivity index (χ1) is 8.64. The van der Waals surface area contributed by atoms with E-state index >= 15 is 0 Å². The van der Waals surface area contributed by atoms with Crippen molar-refractivity contribution in [3.8, 4) is 0 Å². The van der Waals surface area contributed by atoms with Gasteiger partial charge in [0.05, 0.1) is 18.6 Å². The van der Waals surface area contributed by atoms with Gasteiger partial charge in [-0.3, -0.25) is 14.4 Å². The number of carbonyl (C=O) groups is 2. The Morgan fingerprint density at radius 2 is 1.78 bits per heavy atom. The lowest BCUT2D eigenvalue weighted by atomic mass is 9.77. The van der Waals surface area contributed by atoms with E-state index in [0.29, 0.717) is 26.0 Å². The van der Waals surface area contributed by atoms with E-state index in [1.54, 1.807) is 0 Å². The molecule has 1 amide bonds. The predicted octanol–water partition coefficient (Wildman–Crippen LogP) is 1.97. The molecule has 1 aliphatic heterocycles. The second kappa shape index (κ2) is 5.69. The number of nitrogens with zero attached hydrogens (tertiary/aromatic N) is 1. The number of rotatable bonds is 3. The average Bonchev–Trinajstić information content (AvgIpc) is 2.77. The molecule has 0 radical (unpaired) electrons. The minimum atomic E-state index is -0.862. The highest BCUT2D eigenvalue weighted by molar-refractivity contribution is 5.84. The molecule has 0 aromatic rings. The molecule has 18 heavy (non-hydrogen) atoms. The molecule has 0 spiro atoms. The largest absolute Gasteiger partial charge is 0.481 e. The third-order valence-electron chi connectivity index (χ3n) is 4.03. The number of amides is 1. The Morgan fingerprint density at radius 1 is 1.11 bits per heavy atom. The molecule has 0 bridgehead atoms. The van der Waals surface area contributed by atoms with Gasteiger partial charge in [-0.25, -0.2) is 5.06 Å². The van der Waals surface area contributed by atoms with Crippen LogP contribution in [0.2, 0.25) is 0 Å². The molecular formula is C13H21NO4. The van der Waals surface area contributed by atoms with Crippen LogP contribution in [0.3, 0.4) is 0 Å². The zero-order chi connectivity index (χ0) is 13.0. The first-order valence-corrected chi connectivity index (χ1v) is 6.81. The molecule has 0 aromatic carbocycles. The van der Waals surface area contributed by atoms with Crippen LogP contribution in [0.4, 0.5) is 0 Å². The molecule has 2 aliphatic rings. The number of hydroxylamine groups is 2. The van der Waals surface area contributed by atoms with E-state index < -0.39 is 11.4 Å². The third-order valence-corrected chi connectivity index (χ3v) is 4.03. The van der Waals surface area contributed by atoms with Crippen LogP contribution in [0, 0.1) is 5.41 Å². The smallest absolute Gasteiger partial charge is 0.310 e. The zero-order valence-corrected chi connectivity index (χ0v) is 10.7. The topological polar surface area (TPSA) is 66.8 Å². The molecule has 2 rings (SSSR count). The van der Waals surface area contributed by atoms with Gasteiger partial charge in [0.1, 0.15) is 0 Å². The monoisotopic (exact) mass is 255 g/mol. The van der Waals surface area contributed by atoms with Crippen LogP contribution in [0.15, 0.2) is 0 Å². The Labute approximate surface area is 107 Å². The Balaban J connectivity index is 2.04. The summed E-state index contributed by atoms with van der Waals surface area (Å²) < 4.78 is 0. The molecule has 1 heterocycles. The number of aliphatic carboxylic acids is 1. The second-order valence-electron chi connectivity index (χ2n) is 5.36. The Morgan fingerprint density at radius 3 is 2.28 bits per heavy atom. The van der Waals surface area contributed by atoms with Crippen LogP contribution in [-0.4, -0.2) is 35.2 Å². The quantitative estimate of drug-likeness (QED) is 0.783. The molecule has 1 saturated heterocycles. The molecule has 5 nitrogen and oxygen atoms in total. The van der Waals surface area contributed by atoms with E-state index in [9.17, 15) is 14.7 Å². The summed E-state index contributed by atoms with van der Waals surface area (Å²) in [5, 5.41) is 10.8. The van der Waals surface area contributed by atoms with Crippen molar-refractivity contribution < 1.29 is 19.5 Å². The normalized spacial score (nSPS) is 23.7. The number of carboxylic acid groups (broad SMARTS) is 1. The van der Waals surface area contributed by atoms with Crippen molar-refractivity contribution in [3.05, 3.63) is 0 Å². The van der Waals surface area contributed by atoms with Crippen LogP contribution < -0.4 is 0 Å². The van der Waals surface area contributed by atoms with Gasteiger partial charge < -0.3 is 5.11 Å². The number of carbonyl (C=O) groups excluding carboxylic acids is 1. The Bertz CT molecular complexity index is 315. The lowest BCUT2D eigenvalue weighted by Gasteiger charge is -2.28. The molecule has 0 unspecified atom stereocenters. The second-order valence-corrected chi connectivity index (χ2v) is 5.36. The maximum atomic E-state index is 12.1. The summed E-state index contributed by atoms with van der Waals surface area (Å²) in [6, 6.07) is 0. The van der Waals surface area contributed by atoms with Gasteiger partial charge in [-0.05, 0) is 19.3 Å². The van der Waals surface area contributed by atoms with Crippen molar-refractivity contribution in [2.24, 2.45) is 5.41 Å². The fraction of sp³-hybridized carbons (Fsp3) is 0.846. The number of carboxylic acids is 1. The molecule has 0 atom stereocenters. The van der Waals surface area contributed by atoms with Gasteiger partial charge in [0.25, 0.3) is 0 Å². The summed E-state index contributed by atoms with van der Waals surface area (Å²) in [4.78, 5) is 28.8. The van der Waals surface area contributed by atoms with Crippen LogP contribution in [0.5, 0.6) is 0 Å². The summed E-state index contributed by atoms with van der Waals surface area (Å²) >= 11 is 0. The van der Waals surface area contributed by atoms with Gasteiger partial charge in [-0.15, -0.1) is 0 Å². The van der Waals surface area contributed by atoms with E-state index in [0.717, 1.165) is 32.1 Å². The minimum Gasteiger partial charge on any atom is -0.481 e. The van der Waals surface area contributed by atoms with Crippen LogP contribution in [0.25, 0.3) is 0 Å². The Hall–Kier alpha value is -1.10. The van der Waals surface area contributed by atoms with E-state index in [1.807, 2.05) is 0 Å². The standard InChI is InChI=1S/C13H21NO4/c15-11(14-8-5-9-18-14)10-13(12(16)17)6-3-1-2-4-7-13/h1-10H2,(H,16,17). The average molecular weight is 255 g/mol. The Kier molecular flexibility index (Phi) is 4.22. The molecule has 102 valence electrons. The van der Waals surface area contributed by atoms with E-state index in [4.69, 9.17) is 4.84 Å². The highest BCUT2D eigenvalue weighted by Crippen LogP contribution is 2.39. The van der Waals surface area contributed by atoms with Crippen molar-refractivity contribution in [1.29, 1.82) is 0 Å². The molecule has 5 heteroatoms. The van der Waals surface area contributed by atoms with Crippen molar-refractivity contribution in [1.82, 2.24) is 5.06 Å². The fourth-order valence-electron chi connectivity index (χ4n) is 2.89. The zero-order valence-electron chi connectivity index (χ0n) is 10.7. The van der Waals surface area contributed by atoms with Crippen LogP contribution in [-0.2, 0) is 14.4 Å². The summed E-state index contributed by atoms with van der Waals surface area (Å²) in [5.74, 6) is -0.992. The van der Waals surface area contributed by atoms with Gasteiger partial charge in [0, 0.05) is 6.42 Å². The summed E-state index contributed by atoms with van der Waals surface area (Å²) in [6.45, 7) is 1.15. The van der Waals surface area contributed by atoms with Crippen LogP contribution >= 0.6 is 0 Å². The van der Waals surface area contributed by atoms with Gasteiger partial charge in [-0.2, -0.15) is 0 Å². The molecule has 1 aliphatic carbocycles. The maximum Gasteiger partial charge on any atom is 0.310 e. The van der Waals surface area contributed by atoms with E-state index in [2.05, 4.69) is 0 Å². The lowest BCUT2D eigenvalue weighted by molar-refractivity contribution is -0.175. The lowest BCUT2D eigenvalue weighted by Crippen LogP contribution is -2.38. The van der Waals surface area contributed by atoms with E-state index in [1.165, 1.54) is 5.06 Å². The summed E-state index contributed by atoms with van der Waals surface area (Å²) in [7, 11) is 0. The molecular weight excluding hydrogens is 234 g/mol.